The monoisotopic (exact) mass is 448 g/mol. The van der Waals surface area contributed by atoms with E-state index in [9.17, 15) is 22.8 Å². The maximum Gasteiger partial charge on any atom is 0.437 e. The highest BCUT2D eigenvalue weighted by Crippen LogP contribution is 2.34. The Bertz CT molecular complexity index is 1340. The Morgan fingerprint density at radius 2 is 1.77 bits per heavy atom. The second-order valence-electron chi connectivity index (χ2n) is 5.97. The Hall–Kier alpha value is -4.16. The molecule has 0 radical (unpaired) electrons. The molecule has 0 saturated carbocycles. The number of hydrogen-bond acceptors (Lipinski definition) is 7. The van der Waals surface area contributed by atoms with E-state index in [-0.39, 0.29) is 27.6 Å². The molecule has 0 aliphatic heterocycles. The number of rotatable bonds is 4. The van der Waals surface area contributed by atoms with Gasteiger partial charge in [-0.25, -0.2) is 10.1 Å². The Kier molecular flexibility index (Phi) is 5.77. The fourth-order valence-electron chi connectivity index (χ4n) is 2.50. The van der Waals surface area contributed by atoms with Crippen molar-refractivity contribution in [3.05, 3.63) is 78.8 Å². The van der Waals surface area contributed by atoms with Gasteiger partial charge in [0.05, 0.1) is 36.1 Å². The van der Waals surface area contributed by atoms with Crippen LogP contribution >= 0.6 is 11.6 Å². The zero-order valence-corrected chi connectivity index (χ0v) is 15.8. The molecule has 31 heavy (non-hydrogen) atoms. The van der Waals surface area contributed by atoms with E-state index in [1.54, 1.807) is 12.1 Å². The third kappa shape index (κ3) is 4.71. The van der Waals surface area contributed by atoms with E-state index in [0.29, 0.717) is 10.9 Å². The van der Waals surface area contributed by atoms with Gasteiger partial charge in [0.1, 0.15) is 10.9 Å². The molecule has 13 heteroatoms. The molecule has 2 aromatic heterocycles. The van der Waals surface area contributed by atoms with Gasteiger partial charge in [-0.3, -0.25) is 14.2 Å². The molecule has 0 fully saturated rings. The summed E-state index contributed by atoms with van der Waals surface area (Å²) in [5, 5.41) is 23.5. The van der Waals surface area contributed by atoms with Crippen LogP contribution in [0.15, 0.2) is 40.2 Å². The van der Waals surface area contributed by atoms with Crippen LogP contribution in [0.3, 0.4) is 0 Å². The van der Waals surface area contributed by atoms with Gasteiger partial charge in [0.2, 0.25) is 5.75 Å². The van der Waals surface area contributed by atoms with E-state index in [2.05, 4.69) is 15.2 Å². The molecular formula is C18H8ClF3N6O3. The van der Waals surface area contributed by atoms with Gasteiger partial charge in [-0.15, -0.1) is 0 Å². The summed E-state index contributed by atoms with van der Waals surface area (Å²) >= 11 is 5.69. The number of hydrogen-bond donors (Lipinski definition) is 1. The number of alkyl halides is 3. The normalized spacial score (nSPS) is 10.9. The summed E-state index contributed by atoms with van der Waals surface area (Å²) in [5.74, 6) is -1.53. The molecule has 0 aliphatic rings. The van der Waals surface area contributed by atoms with Crippen LogP contribution in [0.2, 0.25) is 5.15 Å². The van der Waals surface area contributed by atoms with E-state index in [0.717, 1.165) is 18.2 Å². The Labute approximate surface area is 175 Å². The summed E-state index contributed by atoms with van der Waals surface area (Å²) in [6, 6.07) is 7.92. The average molecular weight is 449 g/mol. The second-order valence-corrected chi connectivity index (χ2v) is 6.36. The van der Waals surface area contributed by atoms with Crippen molar-refractivity contribution in [3.63, 3.8) is 0 Å². The van der Waals surface area contributed by atoms with Gasteiger partial charge in [0, 0.05) is 5.56 Å². The SMILES string of the molecule is N#Cc1cc(C#N)cc(Oc2c(C(F)(F)F)ncn(Cc3cc(Cl)n[nH]c3=O)c2=O)c1. The minimum atomic E-state index is -5.05. The number of aromatic amines is 1. The molecule has 3 rings (SSSR count). The lowest BCUT2D eigenvalue weighted by Crippen LogP contribution is -2.28. The largest absolute Gasteiger partial charge is 0.449 e. The second kappa shape index (κ2) is 8.30. The molecule has 0 amide bonds. The first-order valence-electron chi connectivity index (χ1n) is 8.16. The molecule has 2 heterocycles. The van der Waals surface area contributed by atoms with Crippen molar-refractivity contribution in [2.75, 3.05) is 0 Å². The minimum absolute atomic E-state index is 0.0622. The first-order valence-corrected chi connectivity index (χ1v) is 8.54. The number of H-pyrrole nitrogens is 1. The van der Waals surface area contributed by atoms with Crippen LogP contribution in [0.25, 0.3) is 0 Å². The number of benzene rings is 1. The summed E-state index contributed by atoms with van der Waals surface area (Å²) in [7, 11) is 0. The van der Waals surface area contributed by atoms with Crippen molar-refractivity contribution in [1.29, 1.82) is 10.5 Å². The standard InChI is InChI=1S/C18H8ClF3N6O3/c19-13-4-11(16(29)27-26-13)7-28-8-25-15(18(20,21)22)14(17(28)30)31-12-2-9(5-23)1-10(3-12)6-24/h1-4,8H,7H2,(H,27,29). The molecule has 1 N–H and O–H groups in total. The number of nitrogens with zero attached hydrogens (tertiary/aromatic N) is 5. The molecule has 0 spiro atoms. The van der Waals surface area contributed by atoms with E-state index < -0.39 is 35.3 Å². The number of nitriles is 2. The summed E-state index contributed by atoms with van der Waals surface area (Å²) in [6.45, 7) is -0.473. The Morgan fingerprint density at radius 1 is 1.13 bits per heavy atom. The van der Waals surface area contributed by atoms with E-state index in [1.165, 1.54) is 6.07 Å². The van der Waals surface area contributed by atoms with Gasteiger partial charge in [0.15, 0.2) is 5.69 Å². The molecule has 3 aromatic rings. The van der Waals surface area contributed by atoms with Crippen LogP contribution in [0.4, 0.5) is 13.2 Å². The predicted octanol–water partition coefficient (Wildman–Crippen LogP) is 2.58. The summed E-state index contributed by atoms with van der Waals surface area (Å²) in [6.07, 6.45) is -4.44. The molecule has 9 nitrogen and oxygen atoms in total. The first-order chi connectivity index (χ1) is 14.6. The maximum atomic E-state index is 13.4. The van der Waals surface area contributed by atoms with E-state index in [1.807, 2.05) is 0 Å². The van der Waals surface area contributed by atoms with Gasteiger partial charge < -0.3 is 4.74 Å². The highest BCUT2D eigenvalue weighted by atomic mass is 35.5. The van der Waals surface area contributed by atoms with Gasteiger partial charge >= 0.3 is 6.18 Å². The molecule has 0 unspecified atom stereocenters. The fourth-order valence-corrected chi connectivity index (χ4v) is 2.67. The summed E-state index contributed by atoms with van der Waals surface area (Å²) < 4.78 is 46.1. The zero-order valence-electron chi connectivity index (χ0n) is 15.1. The third-order valence-electron chi connectivity index (χ3n) is 3.84. The first kappa shape index (κ1) is 21.5. The maximum absolute atomic E-state index is 13.4. The van der Waals surface area contributed by atoms with Gasteiger partial charge in [-0.05, 0) is 24.3 Å². The van der Waals surface area contributed by atoms with Crippen LogP contribution < -0.4 is 15.9 Å². The minimum Gasteiger partial charge on any atom is -0.449 e. The van der Waals surface area contributed by atoms with Crippen molar-refractivity contribution >= 4 is 11.6 Å². The lowest BCUT2D eigenvalue weighted by atomic mass is 10.1. The van der Waals surface area contributed by atoms with Crippen LogP contribution in [-0.4, -0.2) is 19.7 Å². The number of aromatic nitrogens is 4. The number of ether oxygens (including phenoxy) is 1. The molecule has 0 aliphatic carbocycles. The molecule has 0 bridgehead atoms. The Balaban J connectivity index is 2.14. The molecule has 0 saturated heterocycles. The van der Waals surface area contributed by atoms with Crippen LogP contribution in [0.5, 0.6) is 11.5 Å². The summed E-state index contributed by atoms with van der Waals surface area (Å²) in [5.41, 5.74) is -3.77. The quantitative estimate of drug-likeness (QED) is 0.647. The molecule has 1 aromatic carbocycles. The Morgan fingerprint density at radius 3 is 2.35 bits per heavy atom. The topological polar surface area (TPSA) is 137 Å². The van der Waals surface area contributed by atoms with Crippen molar-refractivity contribution in [3.8, 4) is 23.6 Å². The van der Waals surface area contributed by atoms with Gasteiger partial charge in [-0.2, -0.15) is 28.8 Å². The summed E-state index contributed by atoms with van der Waals surface area (Å²) in [4.78, 5) is 27.9. The van der Waals surface area contributed by atoms with Crippen LogP contribution in [0, 0.1) is 22.7 Å². The van der Waals surface area contributed by atoms with E-state index in [4.69, 9.17) is 26.9 Å². The molecular weight excluding hydrogens is 441 g/mol. The third-order valence-corrected chi connectivity index (χ3v) is 4.03. The lowest BCUT2D eigenvalue weighted by Gasteiger charge is -2.14. The van der Waals surface area contributed by atoms with Crippen LogP contribution in [-0.2, 0) is 12.7 Å². The van der Waals surface area contributed by atoms with Gasteiger partial charge in [-0.1, -0.05) is 11.6 Å². The predicted molar refractivity (Wildman–Crippen MR) is 98.4 cm³/mol. The fraction of sp³-hybridized carbons (Fsp3) is 0.111. The highest BCUT2D eigenvalue weighted by molar-refractivity contribution is 6.29. The molecule has 0 atom stereocenters. The molecule has 156 valence electrons. The van der Waals surface area contributed by atoms with E-state index >= 15 is 0 Å². The zero-order chi connectivity index (χ0) is 22.8. The lowest BCUT2D eigenvalue weighted by molar-refractivity contribution is -0.142. The number of halogens is 4. The van der Waals surface area contributed by atoms with Crippen LogP contribution in [0.1, 0.15) is 22.4 Å². The smallest absolute Gasteiger partial charge is 0.437 e. The van der Waals surface area contributed by atoms with Crippen molar-refractivity contribution in [2.45, 2.75) is 12.7 Å². The van der Waals surface area contributed by atoms with Crippen molar-refractivity contribution in [1.82, 2.24) is 19.7 Å². The van der Waals surface area contributed by atoms with Crippen molar-refractivity contribution in [2.24, 2.45) is 0 Å². The highest BCUT2D eigenvalue weighted by Gasteiger charge is 2.38. The van der Waals surface area contributed by atoms with Gasteiger partial charge in [0.25, 0.3) is 11.1 Å². The number of nitrogens with one attached hydrogen (secondary N) is 1. The average Bonchev–Trinajstić information content (AvgIpc) is 2.72. The van der Waals surface area contributed by atoms with Crippen molar-refractivity contribution < 1.29 is 17.9 Å².